The van der Waals surface area contributed by atoms with Crippen LogP contribution < -0.4 is 14.8 Å². The fourth-order valence-corrected chi connectivity index (χ4v) is 4.21. The van der Waals surface area contributed by atoms with E-state index in [0.717, 1.165) is 17.0 Å². The highest BCUT2D eigenvalue weighted by Gasteiger charge is 2.22. The van der Waals surface area contributed by atoms with Gasteiger partial charge >= 0.3 is 0 Å². The van der Waals surface area contributed by atoms with Crippen molar-refractivity contribution < 1.29 is 19.1 Å². The van der Waals surface area contributed by atoms with Crippen molar-refractivity contribution in [2.75, 3.05) is 32.6 Å². The predicted octanol–water partition coefficient (Wildman–Crippen LogP) is 5.95. The fraction of sp³-hybridized carbons (Fsp3) is 0.233. The van der Waals surface area contributed by atoms with Crippen molar-refractivity contribution in [3.8, 4) is 28.4 Å². The van der Waals surface area contributed by atoms with Gasteiger partial charge in [-0.1, -0.05) is 25.4 Å². The number of amides is 2. The number of carbonyl (C=O) groups is 2. The van der Waals surface area contributed by atoms with E-state index >= 15 is 0 Å². The molecule has 1 aromatic heterocycles. The highest BCUT2D eigenvalue weighted by atomic mass is 35.5. The van der Waals surface area contributed by atoms with Gasteiger partial charge in [0.15, 0.2) is 0 Å². The van der Waals surface area contributed by atoms with E-state index in [1.165, 1.54) is 4.90 Å². The number of hydrogen-bond donors (Lipinski definition) is 1. The summed E-state index contributed by atoms with van der Waals surface area (Å²) in [5.41, 5.74) is 2.78. The third-order valence-electron chi connectivity index (χ3n) is 5.99. The van der Waals surface area contributed by atoms with Crippen LogP contribution in [0.3, 0.4) is 0 Å². The Balaban J connectivity index is 1.62. The molecule has 9 heteroatoms. The highest BCUT2D eigenvalue weighted by molar-refractivity contribution is 6.30. The first-order valence-corrected chi connectivity index (χ1v) is 12.9. The number of nitrogens with one attached hydrogen (secondary N) is 1. The van der Waals surface area contributed by atoms with Crippen LogP contribution in [0.5, 0.6) is 11.5 Å². The number of carbonyl (C=O) groups excluding carboxylic acids is 2. The Bertz CT molecular complexity index is 1420. The summed E-state index contributed by atoms with van der Waals surface area (Å²) in [6, 6.07) is 21.6. The Morgan fingerprint density at radius 2 is 1.51 bits per heavy atom. The molecule has 4 aromatic rings. The molecule has 0 saturated heterocycles. The molecule has 202 valence electrons. The third kappa shape index (κ3) is 6.97. The number of imidazole rings is 1. The average molecular weight is 547 g/mol. The smallest absolute Gasteiger partial charge is 0.254 e. The molecule has 2 amide bonds. The molecule has 0 atom stereocenters. The van der Waals surface area contributed by atoms with E-state index in [-0.39, 0.29) is 24.3 Å². The highest BCUT2D eigenvalue weighted by Crippen LogP contribution is 2.27. The molecule has 0 aliphatic rings. The van der Waals surface area contributed by atoms with Crippen LogP contribution in [0.25, 0.3) is 16.9 Å². The average Bonchev–Trinajstić information content (AvgIpc) is 3.36. The van der Waals surface area contributed by atoms with E-state index in [4.69, 9.17) is 26.1 Å². The van der Waals surface area contributed by atoms with E-state index in [0.29, 0.717) is 34.5 Å². The Hall–Kier alpha value is -4.30. The molecule has 0 aliphatic carbocycles. The van der Waals surface area contributed by atoms with E-state index in [9.17, 15) is 9.59 Å². The summed E-state index contributed by atoms with van der Waals surface area (Å²) < 4.78 is 12.3. The van der Waals surface area contributed by atoms with Gasteiger partial charge in [-0.2, -0.15) is 0 Å². The standard InChI is InChI=1S/C30H31ClN4O4/c1-20(2)17-34(29(37)22-5-9-23(31)10-6-22)19-28(36)33-30-32-27(21-7-13-25(38-3)14-8-21)18-35(30)24-11-15-26(39-4)16-12-24/h5-16,18,20H,17,19H2,1-4H3,(H,32,33,36). The Morgan fingerprint density at radius 3 is 2.08 bits per heavy atom. The van der Waals surface area contributed by atoms with Crippen molar-refractivity contribution in [1.29, 1.82) is 0 Å². The monoisotopic (exact) mass is 546 g/mol. The SMILES string of the molecule is COc1ccc(-c2cn(-c3ccc(OC)cc3)c(NC(=O)CN(CC(C)C)C(=O)c3ccc(Cl)cc3)n2)cc1. The summed E-state index contributed by atoms with van der Waals surface area (Å²) in [6.07, 6.45) is 1.85. The second-order valence-electron chi connectivity index (χ2n) is 9.38. The molecule has 0 bridgehead atoms. The van der Waals surface area contributed by atoms with Crippen LogP contribution in [0.1, 0.15) is 24.2 Å². The first-order valence-electron chi connectivity index (χ1n) is 12.5. The minimum atomic E-state index is -0.361. The first kappa shape index (κ1) is 27.7. The van der Waals surface area contributed by atoms with Gasteiger partial charge in [0.2, 0.25) is 11.9 Å². The lowest BCUT2D eigenvalue weighted by atomic mass is 10.1. The molecule has 0 spiro atoms. The Labute approximate surface area is 233 Å². The maximum atomic E-state index is 13.3. The lowest BCUT2D eigenvalue weighted by Gasteiger charge is -2.24. The second-order valence-corrected chi connectivity index (χ2v) is 9.82. The van der Waals surface area contributed by atoms with Gasteiger partial charge in [0.25, 0.3) is 5.91 Å². The minimum Gasteiger partial charge on any atom is -0.497 e. The normalized spacial score (nSPS) is 10.8. The number of hydrogen-bond acceptors (Lipinski definition) is 5. The van der Waals surface area contributed by atoms with Crippen molar-refractivity contribution in [2.45, 2.75) is 13.8 Å². The van der Waals surface area contributed by atoms with Gasteiger partial charge in [-0.15, -0.1) is 0 Å². The number of benzene rings is 3. The number of halogens is 1. The van der Waals surface area contributed by atoms with Crippen LogP contribution in [-0.4, -0.2) is 53.6 Å². The van der Waals surface area contributed by atoms with Gasteiger partial charge < -0.3 is 14.4 Å². The lowest BCUT2D eigenvalue weighted by Crippen LogP contribution is -2.40. The van der Waals surface area contributed by atoms with Crippen LogP contribution in [0.2, 0.25) is 5.02 Å². The van der Waals surface area contributed by atoms with Gasteiger partial charge in [-0.25, -0.2) is 4.98 Å². The first-order chi connectivity index (χ1) is 18.8. The van der Waals surface area contributed by atoms with E-state index in [2.05, 4.69) is 5.32 Å². The summed E-state index contributed by atoms with van der Waals surface area (Å²) in [6.45, 7) is 4.28. The predicted molar refractivity (Wildman–Crippen MR) is 153 cm³/mol. The Kier molecular flexibility index (Phi) is 8.88. The number of ether oxygens (including phenoxy) is 2. The van der Waals surface area contributed by atoms with Crippen molar-refractivity contribution in [3.05, 3.63) is 89.6 Å². The molecular formula is C30H31ClN4O4. The largest absolute Gasteiger partial charge is 0.497 e. The van der Waals surface area contributed by atoms with E-state index in [1.807, 2.05) is 68.6 Å². The number of aromatic nitrogens is 2. The molecule has 1 N–H and O–H groups in total. The molecular weight excluding hydrogens is 516 g/mol. The van der Waals surface area contributed by atoms with Gasteiger partial charge in [0, 0.05) is 34.6 Å². The molecule has 0 unspecified atom stereocenters. The zero-order chi connectivity index (χ0) is 27.9. The summed E-state index contributed by atoms with van der Waals surface area (Å²) in [5, 5.41) is 3.45. The topological polar surface area (TPSA) is 85.7 Å². The van der Waals surface area contributed by atoms with Gasteiger partial charge in [-0.3, -0.25) is 19.5 Å². The third-order valence-corrected chi connectivity index (χ3v) is 6.24. The van der Waals surface area contributed by atoms with Gasteiger partial charge in [0.05, 0.1) is 19.9 Å². The summed E-state index contributed by atoms with van der Waals surface area (Å²) in [4.78, 5) is 32.8. The van der Waals surface area contributed by atoms with Crippen LogP contribution in [0, 0.1) is 5.92 Å². The lowest BCUT2D eigenvalue weighted by molar-refractivity contribution is -0.117. The van der Waals surface area contributed by atoms with Gasteiger partial charge in [0.1, 0.15) is 18.0 Å². The quantitative estimate of drug-likeness (QED) is 0.266. The summed E-state index contributed by atoms with van der Waals surface area (Å²) >= 11 is 5.99. The van der Waals surface area contributed by atoms with E-state index < -0.39 is 0 Å². The molecule has 0 aliphatic heterocycles. The molecule has 4 rings (SSSR count). The second kappa shape index (κ2) is 12.5. The van der Waals surface area contributed by atoms with Crippen LogP contribution in [0.15, 0.2) is 79.0 Å². The zero-order valence-electron chi connectivity index (χ0n) is 22.3. The van der Waals surface area contributed by atoms with Crippen LogP contribution in [-0.2, 0) is 4.79 Å². The van der Waals surface area contributed by atoms with Crippen LogP contribution in [0.4, 0.5) is 5.95 Å². The zero-order valence-corrected chi connectivity index (χ0v) is 23.1. The molecule has 3 aromatic carbocycles. The number of anilines is 1. The van der Waals surface area contributed by atoms with Crippen molar-refractivity contribution in [2.24, 2.45) is 5.92 Å². The van der Waals surface area contributed by atoms with Crippen LogP contribution >= 0.6 is 11.6 Å². The minimum absolute atomic E-state index is 0.132. The molecule has 0 fully saturated rings. The maximum absolute atomic E-state index is 13.3. The number of rotatable bonds is 10. The fourth-order valence-electron chi connectivity index (χ4n) is 4.08. The van der Waals surface area contributed by atoms with Crippen molar-refractivity contribution in [3.63, 3.8) is 0 Å². The summed E-state index contributed by atoms with van der Waals surface area (Å²) in [7, 11) is 3.22. The van der Waals surface area contributed by atoms with Gasteiger partial charge in [-0.05, 0) is 78.7 Å². The van der Waals surface area contributed by atoms with Crippen molar-refractivity contribution in [1.82, 2.24) is 14.5 Å². The summed E-state index contributed by atoms with van der Waals surface area (Å²) in [5.74, 6) is 1.34. The van der Waals surface area contributed by atoms with Crippen molar-refractivity contribution >= 4 is 29.4 Å². The molecule has 0 radical (unpaired) electrons. The molecule has 0 saturated carbocycles. The number of methoxy groups -OCH3 is 2. The molecule has 8 nitrogen and oxygen atoms in total. The Morgan fingerprint density at radius 1 is 0.923 bits per heavy atom. The molecule has 1 heterocycles. The maximum Gasteiger partial charge on any atom is 0.254 e. The van der Waals surface area contributed by atoms with E-state index in [1.54, 1.807) is 43.1 Å². The number of nitrogens with zero attached hydrogens (tertiary/aromatic N) is 3. The molecule has 39 heavy (non-hydrogen) atoms.